The van der Waals surface area contributed by atoms with E-state index < -0.39 is 17.3 Å². The fraction of sp³-hybridized carbons (Fsp3) is 0.400. The molecule has 6 heteroatoms. The molecule has 2 unspecified atom stereocenters. The molecule has 2 aromatic carbocycles. The molecule has 6 nitrogen and oxygen atoms in total. The molecule has 2 N–H and O–H groups in total. The van der Waals surface area contributed by atoms with Gasteiger partial charge in [0.2, 0.25) is 0 Å². The van der Waals surface area contributed by atoms with Gasteiger partial charge in [-0.2, -0.15) is 0 Å². The van der Waals surface area contributed by atoms with Crippen LogP contribution in [0.3, 0.4) is 0 Å². The van der Waals surface area contributed by atoms with Crippen molar-refractivity contribution >= 4 is 11.8 Å². The number of amides is 1. The largest absolute Gasteiger partial charge is 0.507 e. The zero-order chi connectivity index (χ0) is 25.9. The van der Waals surface area contributed by atoms with Crippen LogP contribution in [0.1, 0.15) is 81.2 Å². The minimum absolute atomic E-state index is 0.0132. The second kappa shape index (κ2) is 10.6. The molecule has 1 aliphatic rings. The molecule has 1 amide bonds. The summed E-state index contributed by atoms with van der Waals surface area (Å²) in [6.45, 7) is 7.47. The fourth-order valence-electron chi connectivity index (χ4n) is 4.68. The SMILES string of the molecule is CCC(Cc1ccccc1)c1cc(O)c(C(c2cccc(NC(=O)OC(C)(C)C)c2)C2CC2)c(=O)o1. The zero-order valence-electron chi connectivity index (χ0n) is 21.4. The summed E-state index contributed by atoms with van der Waals surface area (Å²) in [6, 6.07) is 19.0. The lowest BCUT2D eigenvalue weighted by atomic mass is 9.86. The number of carbonyl (C=O) groups excluding carboxylic acids is 1. The van der Waals surface area contributed by atoms with Crippen molar-refractivity contribution in [1.29, 1.82) is 0 Å². The average molecular weight is 490 g/mol. The summed E-state index contributed by atoms with van der Waals surface area (Å²) < 4.78 is 11.2. The number of aromatic hydroxyl groups is 1. The van der Waals surface area contributed by atoms with E-state index in [1.807, 2.05) is 36.4 Å². The van der Waals surface area contributed by atoms with Gasteiger partial charge in [-0.05, 0) is 75.6 Å². The Balaban J connectivity index is 1.62. The van der Waals surface area contributed by atoms with E-state index in [4.69, 9.17) is 9.15 Å². The van der Waals surface area contributed by atoms with Crippen LogP contribution < -0.4 is 10.9 Å². The van der Waals surface area contributed by atoms with Crippen molar-refractivity contribution in [2.24, 2.45) is 5.92 Å². The third-order valence-electron chi connectivity index (χ3n) is 6.50. The first-order valence-electron chi connectivity index (χ1n) is 12.7. The molecular formula is C30H35NO5. The maximum absolute atomic E-state index is 13.3. The molecule has 0 bridgehead atoms. The Morgan fingerprint density at radius 3 is 2.44 bits per heavy atom. The van der Waals surface area contributed by atoms with E-state index >= 15 is 0 Å². The lowest BCUT2D eigenvalue weighted by Gasteiger charge is -2.21. The first-order valence-corrected chi connectivity index (χ1v) is 12.7. The molecule has 4 rings (SSSR count). The summed E-state index contributed by atoms with van der Waals surface area (Å²) in [5.74, 6) is 0.371. The molecule has 1 heterocycles. The van der Waals surface area contributed by atoms with Crippen LogP contribution in [0.4, 0.5) is 10.5 Å². The summed E-state index contributed by atoms with van der Waals surface area (Å²) in [5.41, 5.74) is 1.74. The van der Waals surface area contributed by atoms with Crippen molar-refractivity contribution in [3.8, 4) is 5.75 Å². The second-order valence-electron chi connectivity index (χ2n) is 10.6. The standard InChI is InChI=1S/C30H35NO5/c1-5-20(16-19-10-7-6-8-11-19)25-18-24(32)27(28(33)35-25)26(21-14-15-21)22-12-9-13-23(17-22)31-29(34)36-30(2,3)4/h6-13,17-18,20-21,26,32H,5,14-16H2,1-4H3,(H,31,34). The van der Waals surface area contributed by atoms with Gasteiger partial charge in [0.05, 0.1) is 5.56 Å². The molecule has 190 valence electrons. The van der Waals surface area contributed by atoms with E-state index in [1.54, 1.807) is 32.9 Å². The summed E-state index contributed by atoms with van der Waals surface area (Å²) >= 11 is 0. The molecule has 1 saturated carbocycles. The van der Waals surface area contributed by atoms with E-state index in [1.165, 1.54) is 0 Å². The maximum atomic E-state index is 13.3. The van der Waals surface area contributed by atoms with Gasteiger partial charge < -0.3 is 14.3 Å². The van der Waals surface area contributed by atoms with Gasteiger partial charge in [-0.1, -0.05) is 49.4 Å². The minimum atomic E-state index is -0.610. The number of carbonyl (C=O) groups is 1. The van der Waals surface area contributed by atoms with E-state index in [0.29, 0.717) is 11.4 Å². The molecule has 1 aliphatic carbocycles. The van der Waals surface area contributed by atoms with Gasteiger partial charge in [-0.3, -0.25) is 5.32 Å². The quantitative estimate of drug-likeness (QED) is 0.357. The smallest absolute Gasteiger partial charge is 0.412 e. The predicted molar refractivity (Wildman–Crippen MR) is 141 cm³/mol. The number of anilines is 1. The summed E-state index contributed by atoms with van der Waals surface area (Å²) in [6.07, 6.45) is 2.88. The number of nitrogens with one attached hydrogen (secondary N) is 1. The summed E-state index contributed by atoms with van der Waals surface area (Å²) in [5, 5.41) is 13.8. The van der Waals surface area contributed by atoms with Gasteiger partial charge in [-0.15, -0.1) is 0 Å². The molecule has 0 aliphatic heterocycles. The van der Waals surface area contributed by atoms with E-state index in [9.17, 15) is 14.7 Å². The molecule has 0 radical (unpaired) electrons. The Morgan fingerprint density at radius 2 is 1.83 bits per heavy atom. The molecule has 1 aromatic heterocycles. The van der Waals surface area contributed by atoms with Crippen LogP contribution >= 0.6 is 0 Å². The van der Waals surface area contributed by atoms with Gasteiger partial charge in [0, 0.05) is 23.6 Å². The fourth-order valence-corrected chi connectivity index (χ4v) is 4.68. The van der Waals surface area contributed by atoms with Crippen LogP contribution in [0.25, 0.3) is 0 Å². The second-order valence-corrected chi connectivity index (χ2v) is 10.6. The van der Waals surface area contributed by atoms with E-state index in [-0.39, 0.29) is 29.1 Å². The molecule has 3 aromatic rings. The Morgan fingerprint density at radius 1 is 1.11 bits per heavy atom. The van der Waals surface area contributed by atoms with Gasteiger partial charge in [0.25, 0.3) is 0 Å². The number of ether oxygens (including phenoxy) is 1. The number of hydrogen-bond acceptors (Lipinski definition) is 5. The Bertz CT molecular complexity index is 1250. The van der Waals surface area contributed by atoms with Gasteiger partial charge >= 0.3 is 11.7 Å². The van der Waals surface area contributed by atoms with Gasteiger partial charge in [0.1, 0.15) is 17.1 Å². The van der Waals surface area contributed by atoms with Crippen LogP contribution in [-0.2, 0) is 11.2 Å². The van der Waals surface area contributed by atoms with Crippen molar-refractivity contribution in [2.75, 3.05) is 5.32 Å². The van der Waals surface area contributed by atoms with Crippen LogP contribution in [0.15, 0.2) is 69.9 Å². The minimum Gasteiger partial charge on any atom is -0.507 e. The highest BCUT2D eigenvalue weighted by atomic mass is 16.6. The van der Waals surface area contributed by atoms with Gasteiger partial charge in [-0.25, -0.2) is 9.59 Å². The third kappa shape index (κ3) is 6.36. The number of benzene rings is 2. The Kier molecular flexibility index (Phi) is 7.53. The number of hydrogen-bond donors (Lipinski definition) is 2. The topological polar surface area (TPSA) is 88.8 Å². The molecule has 2 atom stereocenters. The van der Waals surface area contributed by atoms with Gasteiger partial charge in [0.15, 0.2) is 0 Å². The van der Waals surface area contributed by atoms with Crippen molar-refractivity contribution in [3.63, 3.8) is 0 Å². The summed E-state index contributed by atoms with van der Waals surface area (Å²) in [4.78, 5) is 25.5. The lowest BCUT2D eigenvalue weighted by molar-refractivity contribution is 0.0636. The third-order valence-corrected chi connectivity index (χ3v) is 6.50. The Hall–Kier alpha value is -3.54. The first-order chi connectivity index (χ1) is 17.1. The normalized spacial score (nSPS) is 15.2. The molecule has 0 spiro atoms. The van der Waals surface area contributed by atoms with E-state index in [2.05, 4.69) is 24.4 Å². The van der Waals surface area contributed by atoms with E-state index in [0.717, 1.165) is 36.8 Å². The highest BCUT2D eigenvalue weighted by molar-refractivity contribution is 5.85. The van der Waals surface area contributed by atoms with Crippen LogP contribution in [-0.4, -0.2) is 16.8 Å². The average Bonchev–Trinajstić information content (AvgIpc) is 3.64. The number of rotatable bonds is 8. The maximum Gasteiger partial charge on any atom is 0.412 e. The van der Waals surface area contributed by atoms with Crippen molar-refractivity contribution < 1.29 is 19.1 Å². The highest BCUT2D eigenvalue weighted by Crippen LogP contribution is 2.48. The van der Waals surface area contributed by atoms with Crippen molar-refractivity contribution in [2.45, 2.75) is 70.8 Å². The highest BCUT2D eigenvalue weighted by Gasteiger charge is 2.38. The van der Waals surface area contributed by atoms with Crippen LogP contribution in [0.2, 0.25) is 0 Å². The predicted octanol–water partition coefficient (Wildman–Crippen LogP) is 6.97. The van der Waals surface area contributed by atoms with Crippen LogP contribution in [0.5, 0.6) is 5.75 Å². The molecule has 1 fully saturated rings. The Labute approximate surface area is 212 Å². The zero-order valence-corrected chi connectivity index (χ0v) is 21.4. The summed E-state index contributed by atoms with van der Waals surface area (Å²) in [7, 11) is 0. The van der Waals surface area contributed by atoms with Crippen molar-refractivity contribution in [1.82, 2.24) is 0 Å². The van der Waals surface area contributed by atoms with Crippen molar-refractivity contribution in [3.05, 3.63) is 93.5 Å². The molecule has 0 saturated heterocycles. The molecular weight excluding hydrogens is 454 g/mol. The monoisotopic (exact) mass is 489 g/mol. The molecule has 36 heavy (non-hydrogen) atoms. The van der Waals surface area contributed by atoms with Crippen LogP contribution in [0, 0.1) is 5.92 Å². The first kappa shape index (κ1) is 25.5. The lowest BCUT2D eigenvalue weighted by Crippen LogP contribution is -2.27.